The topological polar surface area (TPSA) is 55.9 Å². The molecular weight excluding hydrogens is 504 g/mol. The lowest BCUT2D eigenvalue weighted by molar-refractivity contribution is -0.113. The molecule has 0 unspecified atom stereocenters. The van der Waals surface area contributed by atoms with E-state index >= 15 is 0 Å². The van der Waals surface area contributed by atoms with Gasteiger partial charge in [0.2, 0.25) is 0 Å². The molecule has 4 aliphatic carbocycles. The molecule has 1 heterocycles. The second-order valence-corrected chi connectivity index (χ2v) is 16.9. The number of hydrogen-bond acceptors (Lipinski definition) is 4. The number of fused-ring (bicyclic) bond motifs is 4. The molecular formula is C34H52O4S. The first-order valence-electron chi connectivity index (χ1n) is 16.1. The van der Waals surface area contributed by atoms with E-state index < -0.39 is 10.1 Å². The molecule has 218 valence electrons. The molecule has 1 spiro atoms. The van der Waals surface area contributed by atoms with Crippen LogP contribution in [0.5, 0.6) is 0 Å². The second kappa shape index (κ2) is 9.83. The summed E-state index contributed by atoms with van der Waals surface area (Å²) in [7, 11) is -3.77. The van der Waals surface area contributed by atoms with Crippen LogP contribution in [0, 0.1) is 53.3 Å². The second-order valence-electron chi connectivity index (χ2n) is 15.3. The van der Waals surface area contributed by atoms with Crippen LogP contribution in [-0.4, -0.2) is 26.2 Å². The SMILES string of the molecule is Cc1ccc(S(=O)(=O)O[C@H]2CC[C@]3(C)[C@H]4CC[C@]5(C)[C@@H]([C@H](C)CCCC(C)C)CC[C@H]5[C@@H]4C[C@@H]4O[C@@]43C2)cc1. The predicted molar refractivity (Wildman–Crippen MR) is 156 cm³/mol. The smallest absolute Gasteiger partial charge is 0.297 e. The third-order valence-electron chi connectivity index (χ3n) is 12.8. The number of aryl methyl sites for hydroxylation is 1. The quantitative estimate of drug-likeness (QED) is 0.239. The molecule has 0 amide bonds. The van der Waals surface area contributed by atoms with Crippen LogP contribution < -0.4 is 0 Å². The first-order valence-corrected chi connectivity index (χ1v) is 17.5. The van der Waals surface area contributed by atoms with Crippen LogP contribution in [0.4, 0.5) is 0 Å². The Labute approximate surface area is 238 Å². The van der Waals surface area contributed by atoms with Crippen molar-refractivity contribution < 1.29 is 17.3 Å². The maximum atomic E-state index is 13.1. The van der Waals surface area contributed by atoms with Crippen molar-refractivity contribution in [2.75, 3.05) is 0 Å². The average molecular weight is 557 g/mol. The van der Waals surface area contributed by atoms with E-state index in [1.165, 1.54) is 51.4 Å². The van der Waals surface area contributed by atoms with Crippen molar-refractivity contribution in [3.63, 3.8) is 0 Å². The van der Waals surface area contributed by atoms with Gasteiger partial charge in [0.1, 0.15) is 5.60 Å². The molecule has 1 aliphatic heterocycles. The van der Waals surface area contributed by atoms with Gasteiger partial charge in [0.15, 0.2) is 0 Å². The zero-order valence-corrected chi connectivity index (χ0v) is 26.1. The highest BCUT2D eigenvalue weighted by Gasteiger charge is 2.76. The molecule has 0 aromatic heterocycles. The third-order valence-corrected chi connectivity index (χ3v) is 14.2. The third kappa shape index (κ3) is 4.56. The van der Waals surface area contributed by atoms with Crippen LogP contribution in [-0.2, 0) is 19.0 Å². The summed E-state index contributed by atoms with van der Waals surface area (Å²) in [6, 6.07) is 7.00. The number of benzene rings is 1. The Kier molecular flexibility index (Phi) is 7.12. The Balaban J connectivity index is 1.15. The van der Waals surface area contributed by atoms with Gasteiger partial charge in [-0.05, 0) is 105 Å². The monoisotopic (exact) mass is 556 g/mol. The van der Waals surface area contributed by atoms with Gasteiger partial charge < -0.3 is 4.74 Å². The van der Waals surface area contributed by atoms with E-state index in [1.807, 2.05) is 19.1 Å². The van der Waals surface area contributed by atoms with E-state index in [4.69, 9.17) is 8.92 Å². The molecule has 10 atom stereocenters. The summed E-state index contributed by atoms with van der Waals surface area (Å²) in [4.78, 5) is 0.261. The van der Waals surface area contributed by atoms with Crippen molar-refractivity contribution in [2.24, 2.45) is 46.3 Å². The van der Waals surface area contributed by atoms with E-state index in [9.17, 15) is 8.42 Å². The van der Waals surface area contributed by atoms with Gasteiger partial charge in [-0.2, -0.15) is 8.42 Å². The summed E-state index contributed by atoms with van der Waals surface area (Å²) in [5, 5.41) is 0. The fourth-order valence-electron chi connectivity index (χ4n) is 10.7. The molecule has 6 rings (SSSR count). The molecule has 0 radical (unpaired) electrons. The maximum absolute atomic E-state index is 13.1. The lowest BCUT2D eigenvalue weighted by Gasteiger charge is -2.59. The molecule has 5 fully saturated rings. The summed E-state index contributed by atoms with van der Waals surface area (Å²) in [5.74, 6) is 4.78. The average Bonchev–Trinajstić information content (AvgIpc) is 3.44. The van der Waals surface area contributed by atoms with Crippen LogP contribution in [0.15, 0.2) is 29.2 Å². The van der Waals surface area contributed by atoms with Gasteiger partial charge in [-0.25, -0.2) is 0 Å². The lowest BCUT2D eigenvalue weighted by Crippen LogP contribution is -2.59. The van der Waals surface area contributed by atoms with E-state index in [-0.39, 0.29) is 28.1 Å². The Morgan fingerprint density at radius 1 is 0.974 bits per heavy atom. The molecule has 1 aromatic carbocycles. The molecule has 1 saturated heterocycles. The predicted octanol–water partition coefficient (Wildman–Crippen LogP) is 8.32. The minimum absolute atomic E-state index is 0.135. The van der Waals surface area contributed by atoms with Crippen LogP contribution in [0.3, 0.4) is 0 Å². The van der Waals surface area contributed by atoms with Crippen molar-refractivity contribution in [1.29, 1.82) is 0 Å². The minimum atomic E-state index is -3.77. The van der Waals surface area contributed by atoms with Crippen molar-refractivity contribution in [3.8, 4) is 0 Å². The molecule has 1 aromatic rings. The molecule has 39 heavy (non-hydrogen) atoms. The van der Waals surface area contributed by atoms with E-state index in [1.54, 1.807) is 12.1 Å². The maximum Gasteiger partial charge on any atom is 0.297 e. The fourth-order valence-corrected chi connectivity index (χ4v) is 11.8. The lowest BCUT2D eigenvalue weighted by atomic mass is 9.44. The van der Waals surface area contributed by atoms with Crippen molar-refractivity contribution in [2.45, 2.75) is 135 Å². The summed E-state index contributed by atoms with van der Waals surface area (Å²) in [6.07, 6.45) is 13.3. The van der Waals surface area contributed by atoms with Crippen LogP contribution in [0.25, 0.3) is 0 Å². The Morgan fingerprint density at radius 3 is 2.44 bits per heavy atom. The van der Waals surface area contributed by atoms with Gasteiger partial charge in [-0.15, -0.1) is 0 Å². The normalized spacial score (nSPS) is 43.8. The largest absolute Gasteiger partial charge is 0.365 e. The van der Waals surface area contributed by atoms with Crippen molar-refractivity contribution in [1.82, 2.24) is 0 Å². The van der Waals surface area contributed by atoms with Crippen LogP contribution in [0.2, 0.25) is 0 Å². The highest BCUT2D eigenvalue weighted by molar-refractivity contribution is 7.86. The fraction of sp³-hybridized carbons (Fsp3) is 0.824. The Bertz CT molecular complexity index is 1160. The standard InChI is InChI=1S/C34H52O4S/c1-22(2)8-7-9-24(4)28-14-15-29-27-20-31-34(37-31)21-25(38-39(35,36)26-12-10-23(3)11-13-26)16-19-33(34,6)30(27)17-18-32(28,29)5/h10-13,22,24-25,27-31H,7-9,14-21H2,1-6H3/t24-,25+,27+,28-,29+,30+,31+,32-,33-,34+/m1/s1. The molecule has 4 saturated carbocycles. The summed E-state index contributed by atoms with van der Waals surface area (Å²) in [6.45, 7) is 14.4. The molecule has 0 N–H and O–H groups in total. The van der Waals surface area contributed by atoms with Crippen molar-refractivity contribution in [3.05, 3.63) is 29.8 Å². The van der Waals surface area contributed by atoms with E-state index in [2.05, 4.69) is 34.6 Å². The van der Waals surface area contributed by atoms with Gasteiger partial charge >= 0.3 is 0 Å². The molecule has 5 aliphatic rings. The summed E-state index contributed by atoms with van der Waals surface area (Å²) < 4.78 is 38.7. The van der Waals surface area contributed by atoms with Gasteiger partial charge in [0.25, 0.3) is 10.1 Å². The van der Waals surface area contributed by atoms with E-state index in [0.29, 0.717) is 11.3 Å². The van der Waals surface area contributed by atoms with Gasteiger partial charge in [-0.1, -0.05) is 71.6 Å². The molecule has 5 heteroatoms. The van der Waals surface area contributed by atoms with Gasteiger partial charge in [0, 0.05) is 11.8 Å². The van der Waals surface area contributed by atoms with Gasteiger partial charge in [0.05, 0.1) is 17.1 Å². The van der Waals surface area contributed by atoms with Crippen LogP contribution in [0.1, 0.15) is 111 Å². The highest BCUT2D eigenvalue weighted by atomic mass is 32.2. The number of rotatable bonds is 8. The van der Waals surface area contributed by atoms with E-state index in [0.717, 1.165) is 54.4 Å². The first-order chi connectivity index (χ1) is 18.4. The van der Waals surface area contributed by atoms with Gasteiger partial charge in [-0.3, -0.25) is 4.18 Å². The Hall–Kier alpha value is -0.910. The first kappa shape index (κ1) is 28.2. The van der Waals surface area contributed by atoms with Crippen molar-refractivity contribution >= 4 is 10.1 Å². The number of ether oxygens (including phenoxy) is 1. The minimum Gasteiger partial charge on any atom is -0.365 e. The summed E-state index contributed by atoms with van der Waals surface area (Å²) >= 11 is 0. The zero-order valence-electron chi connectivity index (χ0n) is 25.2. The highest BCUT2D eigenvalue weighted by Crippen LogP contribution is 2.74. The zero-order chi connectivity index (χ0) is 27.8. The molecule has 4 nitrogen and oxygen atoms in total. The number of epoxide rings is 1. The number of hydrogen-bond donors (Lipinski definition) is 0. The van der Waals surface area contributed by atoms with Crippen LogP contribution >= 0.6 is 0 Å². The summed E-state index contributed by atoms with van der Waals surface area (Å²) in [5.41, 5.74) is 1.48. The molecule has 0 bridgehead atoms. The Morgan fingerprint density at radius 2 is 1.72 bits per heavy atom.